The number of nitrogens with zero attached hydrogens (tertiary/aromatic N) is 2. The van der Waals surface area contributed by atoms with Crippen molar-refractivity contribution in [3.63, 3.8) is 0 Å². The number of hydrogen-bond donors (Lipinski definition) is 2. The molecule has 6 nitrogen and oxygen atoms in total. The molecular weight excluding hydrogens is 320 g/mol. The Hall–Kier alpha value is -3.67. The summed E-state index contributed by atoms with van der Waals surface area (Å²) in [5, 5.41) is 19.3. The molecule has 0 saturated carbocycles. The molecule has 1 aromatic carbocycles. The summed E-state index contributed by atoms with van der Waals surface area (Å²) in [6, 6.07) is 7.95. The van der Waals surface area contributed by atoms with Crippen LogP contribution in [-0.2, 0) is 0 Å². The predicted octanol–water partition coefficient (Wildman–Crippen LogP) is 3.71. The van der Waals surface area contributed by atoms with Gasteiger partial charge in [-0.15, -0.1) is 0 Å². The molecule has 6 heteroatoms. The van der Waals surface area contributed by atoms with E-state index < -0.39 is 5.97 Å². The van der Waals surface area contributed by atoms with E-state index in [-0.39, 0.29) is 11.3 Å². The zero-order valence-electron chi connectivity index (χ0n) is 12.9. The van der Waals surface area contributed by atoms with Gasteiger partial charge in [0.15, 0.2) is 0 Å². The Labute approximate surface area is 142 Å². The molecule has 1 aliphatic rings. The average Bonchev–Trinajstić information content (AvgIpc) is 3.23. The zero-order chi connectivity index (χ0) is 17.4. The van der Waals surface area contributed by atoms with Crippen molar-refractivity contribution in [3.8, 4) is 17.1 Å². The fourth-order valence-electron chi connectivity index (χ4n) is 2.72. The molecule has 0 bridgehead atoms. The van der Waals surface area contributed by atoms with E-state index in [0.717, 1.165) is 16.8 Å². The number of carboxylic acid groups (broad SMARTS) is 1. The number of fused-ring (bicyclic) bond motifs is 1. The van der Waals surface area contributed by atoms with Crippen molar-refractivity contribution in [2.45, 2.75) is 0 Å². The van der Waals surface area contributed by atoms with Gasteiger partial charge in [0, 0.05) is 11.8 Å². The number of aromatic nitrogens is 2. The minimum absolute atomic E-state index is 0.168. The molecule has 2 N–H and O–H groups in total. The fraction of sp³-hybridized carbons (Fsp3) is 0. The SMILES string of the molecule is O=C(O)c1cccc(-c2ccc(/C=C3\C=Cc4ncncc43)o2)c1O. The Morgan fingerprint density at radius 3 is 2.84 bits per heavy atom. The van der Waals surface area contributed by atoms with Crippen LogP contribution in [0, 0.1) is 0 Å². The van der Waals surface area contributed by atoms with Gasteiger partial charge in [0.1, 0.15) is 29.2 Å². The molecule has 122 valence electrons. The van der Waals surface area contributed by atoms with E-state index in [1.165, 1.54) is 12.4 Å². The van der Waals surface area contributed by atoms with Crippen LogP contribution in [0.1, 0.15) is 27.4 Å². The predicted molar refractivity (Wildman–Crippen MR) is 91.7 cm³/mol. The van der Waals surface area contributed by atoms with Crippen LogP contribution in [0.5, 0.6) is 5.75 Å². The molecule has 1 aliphatic carbocycles. The summed E-state index contributed by atoms with van der Waals surface area (Å²) < 4.78 is 5.76. The summed E-state index contributed by atoms with van der Waals surface area (Å²) >= 11 is 0. The van der Waals surface area contributed by atoms with Gasteiger partial charge in [-0.3, -0.25) is 0 Å². The number of carbonyl (C=O) groups is 1. The highest BCUT2D eigenvalue weighted by molar-refractivity contribution is 5.96. The minimum Gasteiger partial charge on any atom is -0.506 e. The molecule has 3 aromatic rings. The van der Waals surface area contributed by atoms with Gasteiger partial charge in [-0.2, -0.15) is 0 Å². The van der Waals surface area contributed by atoms with E-state index in [2.05, 4.69) is 9.97 Å². The maximum atomic E-state index is 11.1. The highest BCUT2D eigenvalue weighted by atomic mass is 16.4. The number of aromatic carboxylic acids is 1. The van der Waals surface area contributed by atoms with E-state index in [0.29, 0.717) is 17.1 Å². The largest absolute Gasteiger partial charge is 0.506 e. The summed E-state index contributed by atoms with van der Waals surface area (Å²) in [4.78, 5) is 19.3. The molecule has 0 unspecified atom stereocenters. The van der Waals surface area contributed by atoms with Gasteiger partial charge in [0.25, 0.3) is 0 Å². The molecule has 25 heavy (non-hydrogen) atoms. The number of carboxylic acids is 1. The molecule has 4 rings (SSSR count). The van der Waals surface area contributed by atoms with E-state index in [9.17, 15) is 9.90 Å². The number of furan rings is 1. The Morgan fingerprint density at radius 1 is 1.12 bits per heavy atom. The first-order chi connectivity index (χ1) is 12.1. The molecule has 2 heterocycles. The summed E-state index contributed by atoms with van der Waals surface area (Å²) in [5.74, 6) is -0.547. The van der Waals surface area contributed by atoms with Gasteiger partial charge < -0.3 is 14.6 Å². The summed E-state index contributed by atoms with van der Waals surface area (Å²) in [6.45, 7) is 0. The average molecular weight is 332 g/mol. The number of rotatable bonds is 3. The van der Waals surface area contributed by atoms with E-state index in [1.807, 2.05) is 18.2 Å². The molecule has 0 aliphatic heterocycles. The van der Waals surface area contributed by atoms with Crippen molar-refractivity contribution in [3.05, 3.63) is 71.5 Å². The van der Waals surface area contributed by atoms with Gasteiger partial charge in [-0.25, -0.2) is 14.8 Å². The number of phenols is 1. The first-order valence-corrected chi connectivity index (χ1v) is 7.49. The lowest BCUT2D eigenvalue weighted by Gasteiger charge is -2.04. The van der Waals surface area contributed by atoms with Crippen LogP contribution in [0.4, 0.5) is 0 Å². The summed E-state index contributed by atoms with van der Waals surface area (Å²) in [5.41, 5.74) is 2.84. The van der Waals surface area contributed by atoms with Gasteiger partial charge >= 0.3 is 5.97 Å². The number of allylic oxidation sites excluding steroid dienone is 2. The Kier molecular flexibility index (Phi) is 3.43. The molecule has 2 aromatic heterocycles. The lowest BCUT2D eigenvalue weighted by molar-refractivity contribution is 0.0694. The Balaban J connectivity index is 1.71. The molecule has 0 saturated heterocycles. The van der Waals surface area contributed by atoms with Crippen LogP contribution in [0.2, 0.25) is 0 Å². The van der Waals surface area contributed by atoms with Crippen molar-refractivity contribution in [1.29, 1.82) is 0 Å². The maximum absolute atomic E-state index is 11.1. The highest BCUT2D eigenvalue weighted by Gasteiger charge is 2.17. The third-order valence-corrected chi connectivity index (χ3v) is 3.93. The standard InChI is InChI=1S/C19H12N2O4/c22-18-13(2-1-3-14(18)19(23)24)17-7-5-12(25-17)8-11-4-6-16-15(11)9-20-10-21-16/h1-10,22H,(H,23,24)/b11-8+. The van der Waals surface area contributed by atoms with E-state index in [4.69, 9.17) is 9.52 Å². The fourth-order valence-corrected chi connectivity index (χ4v) is 2.72. The smallest absolute Gasteiger partial charge is 0.339 e. The van der Waals surface area contributed by atoms with Crippen molar-refractivity contribution in [2.75, 3.05) is 0 Å². The van der Waals surface area contributed by atoms with Crippen LogP contribution in [0.3, 0.4) is 0 Å². The molecular formula is C19H12N2O4. The third kappa shape index (κ3) is 2.59. The van der Waals surface area contributed by atoms with Crippen LogP contribution in [0.15, 0.2) is 53.3 Å². The second-order valence-electron chi connectivity index (χ2n) is 5.46. The summed E-state index contributed by atoms with van der Waals surface area (Å²) in [7, 11) is 0. The number of aromatic hydroxyl groups is 1. The summed E-state index contributed by atoms with van der Waals surface area (Å²) in [6.07, 6.45) is 8.89. The van der Waals surface area contributed by atoms with Gasteiger partial charge in [0.2, 0.25) is 0 Å². The topological polar surface area (TPSA) is 96.5 Å². The van der Waals surface area contributed by atoms with Crippen molar-refractivity contribution in [1.82, 2.24) is 9.97 Å². The number of benzene rings is 1. The number of para-hydroxylation sites is 1. The quantitative estimate of drug-likeness (QED) is 0.759. The molecule has 0 amide bonds. The van der Waals surface area contributed by atoms with Crippen molar-refractivity contribution < 1.29 is 19.4 Å². The molecule has 0 radical (unpaired) electrons. The second-order valence-corrected chi connectivity index (χ2v) is 5.46. The number of hydrogen-bond acceptors (Lipinski definition) is 5. The third-order valence-electron chi connectivity index (χ3n) is 3.93. The van der Waals surface area contributed by atoms with Crippen LogP contribution in [-0.4, -0.2) is 26.2 Å². The minimum atomic E-state index is -1.19. The monoisotopic (exact) mass is 332 g/mol. The van der Waals surface area contributed by atoms with Gasteiger partial charge in [0.05, 0.1) is 11.3 Å². The second kappa shape index (κ2) is 5.76. The van der Waals surface area contributed by atoms with E-state index in [1.54, 1.807) is 30.5 Å². The first kappa shape index (κ1) is 14.9. The van der Waals surface area contributed by atoms with Crippen LogP contribution >= 0.6 is 0 Å². The van der Waals surface area contributed by atoms with Crippen LogP contribution < -0.4 is 0 Å². The Morgan fingerprint density at radius 2 is 2.00 bits per heavy atom. The van der Waals surface area contributed by atoms with E-state index >= 15 is 0 Å². The van der Waals surface area contributed by atoms with Crippen molar-refractivity contribution >= 4 is 23.7 Å². The molecule has 0 atom stereocenters. The first-order valence-electron chi connectivity index (χ1n) is 7.49. The Bertz CT molecular complexity index is 1050. The van der Waals surface area contributed by atoms with Crippen molar-refractivity contribution in [2.24, 2.45) is 0 Å². The zero-order valence-corrected chi connectivity index (χ0v) is 12.9. The molecule has 0 spiro atoms. The highest BCUT2D eigenvalue weighted by Crippen LogP contribution is 2.35. The van der Waals surface area contributed by atoms with Crippen LogP contribution in [0.25, 0.3) is 29.0 Å². The maximum Gasteiger partial charge on any atom is 0.339 e. The normalized spacial score (nSPS) is 14.0. The lowest BCUT2D eigenvalue weighted by atomic mass is 10.1. The van der Waals surface area contributed by atoms with Gasteiger partial charge in [-0.1, -0.05) is 12.1 Å². The lowest BCUT2D eigenvalue weighted by Crippen LogP contribution is -1.97. The van der Waals surface area contributed by atoms with Gasteiger partial charge in [-0.05, 0) is 42.0 Å². The molecule has 0 fully saturated rings.